The van der Waals surface area contributed by atoms with E-state index in [0.717, 1.165) is 23.4 Å². The fourth-order valence-electron chi connectivity index (χ4n) is 5.10. The lowest BCUT2D eigenvalue weighted by molar-refractivity contribution is -0.0269. The number of rotatable bonds is 3. The molecule has 4 heterocycles. The van der Waals surface area contributed by atoms with Gasteiger partial charge >= 0.3 is 0 Å². The molecule has 2 aromatic rings. The molecule has 3 heteroatoms. The molecule has 4 bridgehead atoms. The number of pyridine rings is 1. The van der Waals surface area contributed by atoms with E-state index < -0.39 is 0 Å². The first-order valence-electron chi connectivity index (χ1n) is 8.85. The van der Waals surface area contributed by atoms with Gasteiger partial charge in [0.25, 0.3) is 0 Å². The van der Waals surface area contributed by atoms with Crippen LogP contribution in [-0.2, 0) is 0 Å². The molecule has 3 saturated heterocycles. The van der Waals surface area contributed by atoms with Crippen LogP contribution in [0.3, 0.4) is 0 Å². The number of anilines is 1. The number of hydrogen-bond acceptors (Lipinski definition) is 3. The highest BCUT2D eigenvalue weighted by Gasteiger charge is 2.47. The number of nitrogens with zero attached hydrogens (tertiary/aromatic N) is 2. The molecule has 4 fully saturated rings. The molecule has 1 aromatic carbocycles. The summed E-state index contributed by atoms with van der Waals surface area (Å²) < 4.78 is 0. The molecule has 3 nitrogen and oxygen atoms in total. The van der Waals surface area contributed by atoms with Gasteiger partial charge < -0.3 is 10.2 Å². The van der Waals surface area contributed by atoms with Crippen LogP contribution in [0.2, 0.25) is 0 Å². The summed E-state index contributed by atoms with van der Waals surface area (Å²) in [6.07, 6.45) is 4.84. The lowest BCUT2D eigenvalue weighted by Crippen LogP contribution is -2.62. The molecule has 1 N–H and O–H groups in total. The fourth-order valence-corrected chi connectivity index (χ4v) is 5.10. The molecule has 2 unspecified atom stereocenters. The maximum atomic E-state index is 4.66. The molecule has 23 heavy (non-hydrogen) atoms. The maximum Gasteiger partial charge on any atom is 0.0703 e. The van der Waals surface area contributed by atoms with Gasteiger partial charge in [-0.1, -0.05) is 30.3 Å². The van der Waals surface area contributed by atoms with E-state index >= 15 is 0 Å². The summed E-state index contributed by atoms with van der Waals surface area (Å²) in [6.45, 7) is 3.94. The predicted molar refractivity (Wildman–Crippen MR) is 93.2 cm³/mol. The summed E-state index contributed by atoms with van der Waals surface area (Å²) >= 11 is 0. The van der Waals surface area contributed by atoms with Crippen LogP contribution in [0.1, 0.15) is 12.8 Å². The molecule has 1 saturated carbocycles. The highest BCUT2D eigenvalue weighted by Crippen LogP contribution is 2.44. The van der Waals surface area contributed by atoms with Crippen molar-refractivity contribution in [2.75, 3.05) is 25.0 Å². The van der Waals surface area contributed by atoms with Crippen molar-refractivity contribution in [3.8, 4) is 11.3 Å². The van der Waals surface area contributed by atoms with E-state index in [4.69, 9.17) is 0 Å². The molecule has 118 valence electrons. The molecular formula is C20H23N3. The van der Waals surface area contributed by atoms with Crippen LogP contribution in [0.25, 0.3) is 11.3 Å². The minimum absolute atomic E-state index is 0.646. The van der Waals surface area contributed by atoms with E-state index in [1.165, 1.54) is 43.7 Å². The highest BCUT2D eigenvalue weighted by atomic mass is 15.2. The van der Waals surface area contributed by atoms with Crippen LogP contribution >= 0.6 is 0 Å². The SMILES string of the molecule is c1ccc(-c2ccc(NC3C4CC5CC3CN(C5)C4)cn2)cc1. The van der Waals surface area contributed by atoms with Crippen LogP contribution in [-0.4, -0.2) is 35.6 Å². The average molecular weight is 305 g/mol. The van der Waals surface area contributed by atoms with Gasteiger partial charge in [-0.15, -0.1) is 0 Å². The Hall–Kier alpha value is -1.87. The van der Waals surface area contributed by atoms with Gasteiger partial charge in [0, 0.05) is 31.2 Å². The van der Waals surface area contributed by atoms with E-state index in [2.05, 4.69) is 51.6 Å². The van der Waals surface area contributed by atoms with E-state index in [1.54, 1.807) is 0 Å². The summed E-state index contributed by atoms with van der Waals surface area (Å²) in [5.41, 5.74) is 3.41. The van der Waals surface area contributed by atoms with Crippen molar-refractivity contribution in [1.29, 1.82) is 0 Å². The Morgan fingerprint density at radius 1 is 0.913 bits per heavy atom. The zero-order valence-electron chi connectivity index (χ0n) is 13.4. The molecule has 2 atom stereocenters. The second-order valence-corrected chi connectivity index (χ2v) is 7.54. The third kappa shape index (κ3) is 2.43. The van der Waals surface area contributed by atoms with Crippen molar-refractivity contribution in [1.82, 2.24) is 9.88 Å². The van der Waals surface area contributed by atoms with Crippen LogP contribution in [0.5, 0.6) is 0 Å². The van der Waals surface area contributed by atoms with Gasteiger partial charge in [0.05, 0.1) is 17.6 Å². The topological polar surface area (TPSA) is 28.2 Å². The molecule has 0 spiro atoms. The molecule has 1 aliphatic carbocycles. The lowest BCUT2D eigenvalue weighted by Gasteiger charge is -2.56. The Kier molecular flexibility index (Phi) is 3.15. The third-order valence-corrected chi connectivity index (χ3v) is 5.96. The minimum Gasteiger partial charge on any atom is -0.380 e. The van der Waals surface area contributed by atoms with Crippen molar-refractivity contribution in [2.24, 2.45) is 17.8 Å². The van der Waals surface area contributed by atoms with Crippen LogP contribution in [0, 0.1) is 17.8 Å². The van der Waals surface area contributed by atoms with E-state index in [-0.39, 0.29) is 0 Å². The molecule has 4 aliphatic rings. The van der Waals surface area contributed by atoms with Gasteiger partial charge in [0.15, 0.2) is 0 Å². The first kappa shape index (κ1) is 13.6. The van der Waals surface area contributed by atoms with Crippen molar-refractivity contribution in [3.05, 3.63) is 48.7 Å². The summed E-state index contributed by atoms with van der Waals surface area (Å²) in [7, 11) is 0. The molecule has 0 amide bonds. The number of hydrogen-bond donors (Lipinski definition) is 1. The standard InChI is InChI=1S/C20H23N3/c1-2-4-15(5-3-1)19-7-6-18(10-21-19)22-20-16-8-14-9-17(20)13-23(11-14)12-16/h1-7,10,14,16-17,20,22H,8-9,11-13H2. The van der Waals surface area contributed by atoms with Gasteiger partial charge in [0.2, 0.25) is 0 Å². The smallest absolute Gasteiger partial charge is 0.0703 e. The zero-order valence-corrected chi connectivity index (χ0v) is 13.4. The van der Waals surface area contributed by atoms with Crippen molar-refractivity contribution < 1.29 is 0 Å². The summed E-state index contributed by atoms with van der Waals surface area (Å²) in [4.78, 5) is 7.34. The Morgan fingerprint density at radius 3 is 2.35 bits per heavy atom. The van der Waals surface area contributed by atoms with Crippen molar-refractivity contribution in [2.45, 2.75) is 18.9 Å². The summed E-state index contributed by atoms with van der Waals surface area (Å²) in [5, 5.41) is 3.81. The second kappa shape index (κ2) is 5.34. The van der Waals surface area contributed by atoms with Gasteiger partial charge in [0.1, 0.15) is 0 Å². The van der Waals surface area contributed by atoms with Gasteiger partial charge in [-0.2, -0.15) is 0 Å². The van der Waals surface area contributed by atoms with Crippen molar-refractivity contribution in [3.63, 3.8) is 0 Å². The number of nitrogens with one attached hydrogen (secondary N) is 1. The summed E-state index contributed by atoms with van der Waals surface area (Å²) in [6, 6.07) is 15.4. The van der Waals surface area contributed by atoms with Gasteiger partial charge in [-0.3, -0.25) is 4.98 Å². The average Bonchev–Trinajstić information content (AvgIpc) is 2.59. The largest absolute Gasteiger partial charge is 0.380 e. The maximum absolute atomic E-state index is 4.66. The van der Waals surface area contributed by atoms with E-state index in [9.17, 15) is 0 Å². The second-order valence-electron chi connectivity index (χ2n) is 7.54. The third-order valence-electron chi connectivity index (χ3n) is 5.96. The Bertz CT molecular complexity index is 652. The van der Waals surface area contributed by atoms with Crippen LogP contribution in [0.4, 0.5) is 5.69 Å². The molecule has 3 aliphatic heterocycles. The molecule has 1 aromatic heterocycles. The predicted octanol–water partition coefficient (Wildman–Crippen LogP) is 3.50. The molecular weight excluding hydrogens is 282 g/mol. The van der Waals surface area contributed by atoms with E-state index in [1.807, 2.05) is 12.3 Å². The van der Waals surface area contributed by atoms with Crippen LogP contribution < -0.4 is 5.32 Å². The normalized spacial score (nSPS) is 34.5. The minimum atomic E-state index is 0.646. The fraction of sp³-hybridized carbons (Fsp3) is 0.450. The first-order chi connectivity index (χ1) is 11.3. The monoisotopic (exact) mass is 305 g/mol. The Balaban J connectivity index is 1.33. The lowest BCUT2D eigenvalue weighted by atomic mass is 9.65. The number of piperidine rings is 3. The van der Waals surface area contributed by atoms with Gasteiger partial charge in [-0.05, 0) is 42.7 Å². The number of aromatic nitrogens is 1. The first-order valence-corrected chi connectivity index (χ1v) is 8.85. The Labute approximate surface area is 137 Å². The number of benzene rings is 1. The zero-order chi connectivity index (χ0) is 15.2. The molecule has 0 radical (unpaired) electrons. The van der Waals surface area contributed by atoms with Crippen LogP contribution in [0.15, 0.2) is 48.7 Å². The van der Waals surface area contributed by atoms with E-state index in [0.29, 0.717) is 6.04 Å². The van der Waals surface area contributed by atoms with Crippen molar-refractivity contribution >= 4 is 5.69 Å². The summed E-state index contributed by atoms with van der Waals surface area (Å²) in [5.74, 6) is 2.62. The van der Waals surface area contributed by atoms with Gasteiger partial charge in [-0.25, -0.2) is 0 Å². The Morgan fingerprint density at radius 2 is 1.70 bits per heavy atom. The quantitative estimate of drug-likeness (QED) is 0.940. The molecule has 6 rings (SSSR count). The highest BCUT2D eigenvalue weighted by molar-refractivity contribution is 5.61.